The van der Waals surface area contributed by atoms with E-state index in [0.717, 1.165) is 50.7 Å². The molecule has 0 spiro atoms. The summed E-state index contributed by atoms with van der Waals surface area (Å²) in [4.78, 5) is 4.77. The van der Waals surface area contributed by atoms with Crippen LogP contribution in [0.25, 0.3) is 70.6 Å². The molecule has 0 amide bonds. The van der Waals surface area contributed by atoms with Crippen molar-refractivity contribution in [2.75, 3.05) is 4.90 Å². The first kappa shape index (κ1) is 36.7. The lowest BCUT2D eigenvalue weighted by Gasteiger charge is -2.26. The molecule has 4 nitrogen and oxygen atoms in total. The first-order chi connectivity index (χ1) is 31.2. The summed E-state index contributed by atoms with van der Waals surface area (Å²) in [6, 6.07) is 81.6. The van der Waals surface area contributed by atoms with Crippen molar-refractivity contribution in [1.82, 2.24) is 4.57 Å². The van der Waals surface area contributed by atoms with Crippen LogP contribution in [0.15, 0.2) is 231 Å². The van der Waals surface area contributed by atoms with Crippen molar-refractivity contribution < 1.29 is 9.47 Å². The Hall–Kier alpha value is -8.12. The summed E-state index contributed by atoms with van der Waals surface area (Å²) in [7, 11) is 0. The Morgan fingerprint density at radius 3 is 1.37 bits per heavy atom. The molecule has 5 heteroatoms. The summed E-state index contributed by atoms with van der Waals surface area (Å²) in [5.41, 5.74) is 13.6. The lowest BCUT2D eigenvalue weighted by atomic mass is 10.0. The number of aromatic nitrogens is 1. The van der Waals surface area contributed by atoms with E-state index in [1.54, 1.807) is 0 Å². The first-order valence-corrected chi connectivity index (χ1v) is 22.0. The lowest BCUT2D eigenvalue weighted by molar-refractivity contribution is 0.362. The van der Waals surface area contributed by atoms with Gasteiger partial charge in [0.25, 0.3) is 0 Å². The number of nitrogens with zero attached hydrogens (tertiary/aromatic N) is 2. The molecule has 0 N–H and O–H groups in total. The van der Waals surface area contributed by atoms with E-state index in [0.29, 0.717) is 11.5 Å². The normalized spacial score (nSPS) is 11.7. The largest absolute Gasteiger partial charge is 0.449 e. The van der Waals surface area contributed by atoms with E-state index in [-0.39, 0.29) is 0 Å². The molecule has 1 aliphatic heterocycles. The Morgan fingerprint density at radius 2 is 0.794 bits per heavy atom. The molecular formula is C58H38N2O2S. The highest BCUT2D eigenvalue weighted by Crippen LogP contribution is 2.51. The van der Waals surface area contributed by atoms with Gasteiger partial charge in [-0.15, -0.1) is 11.3 Å². The predicted molar refractivity (Wildman–Crippen MR) is 262 cm³/mol. The van der Waals surface area contributed by atoms with Gasteiger partial charge >= 0.3 is 0 Å². The van der Waals surface area contributed by atoms with Crippen molar-refractivity contribution in [3.63, 3.8) is 0 Å². The van der Waals surface area contributed by atoms with Crippen molar-refractivity contribution in [2.45, 2.75) is 0 Å². The summed E-state index contributed by atoms with van der Waals surface area (Å²) < 4.78 is 15.2. The standard InChI is InChI=1S/C58H38N2O2S/c1-3-11-39(12-4-1)41-19-27-45(28-20-41)59(46-29-21-42(22-30-46)40-13-5-2-6-14-40)47-31-23-43(24-32-47)55-37-38-56(63-55)44-25-33-48(34-26-44)60-51-16-8-7-15-49(51)50-35-36-54-58(57(50)60)62-53-18-10-9-17-52(53)61-54/h1-38H. The van der Waals surface area contributed by atoms with Crippen LogP contribution < -0.4 is 14.4 Å². The van der Waals surface area contributed by atoms with Crippen LogP contribution in [0.3, 0.4) is 0 Å². The molecule has 11 aromatic rings. The summed E-state index contributed by atoms with van der Waals surface area (Å²) in [5.74, 6) is 2.88. The van der Waals surface area contributed by atoms with Crippen LogP contribution in [0.4, 0.5) is 17.1 Å². The molecule has 12 rings (SSSR count). The molecule has 0 atom stereocenters. The number of fused-ring (bicyclic) bond motifs is 6. The van der Waals surface area contributed by atoms with Gasteiger partial charge in [0.1, 0.15) is 5.52 Å². The van der Waals surface area contributed by atoms with Crippen molar-refractivity contribution in [3.05, 3.63) is 231 Å². The second-order valence-corrected chi connectivity index (χ2v) is 16.8. The Labute approximate surface area is 369 Å². The van der Waals surface area contributed by atoms with Gasteiger partial charge in [-0.05, 0) is 124 Å². The number of anilines is 3. The van der Waals surface area contributed by atoms with Crippen molar-refractivity contribution in [3.8, 4) is 71.8 Å². The maximum atomic E-state index is 6.58. The molecule has 1 aliphatic rings. The number of rotatable bonds is 8. The van der Waals surface area contributed by atoms with Crippen LogP contribution in [0, 0.1) is 0 Å². The van der Waals surface area contributed by atoms with E-state index in [2.05, 4.69) is 210 Å². The molecule has 2 aromatic heterocycles. The van der Waals surface area contributed by atoms with E-state index >= 15 is 0 Å². The van der Waals surface area contributed by atoms with Gasteiger partial charge in [-0.2, -0.15) is 0 Å². The first-order valence-electron chi connectivity index (χ1n) is 21.1. The molecule has 9 aromatic carbocycles. The lowest BCUT2D eigenvalue weighted by Crippen LogP contribution is -2.09. The summed E-state index contributed by atoms with van der Waals surface area (Å²) in [5, 5.41) is 2.29. The van der Waals surface area contributed by atoms with Gasteiger partial charge < -0.3 is 18.9 Å². The number of benzene rings is 9. The SMILES string of the molecule is c1ccc(-c2ccc(N(c3ccc(-c4ccccc4)cc3)c3ccc(-c4ccc(-c5ccc(-n6c7ccccc7c7ccc8c(c76)Oc6ccccc6O8)cc5)s4)cc3)cc2)cc1. The quantitative estimate of drug-likeness (QED) is 0.153. The molecule has 63 heavy (non-hydrogen) atoms. The highest BCUT2D eigenvalue weighted by Gasteiger charge is 2.25. The van der Waals surface area contributed by atoms with E-state index in [1.165, 1.54) is 48.5 Å². The molecular weight excluding hydrogens is 789 g/mol. The third kappa shape index (κ3) is 6.63. The molecule has 298 valence electrons. The minimum Gasteiger partial charge on any atom is -0.449 e. The fraction of sp³-hybridized carbons (Fsp3) is 0. The maximum Gasteiger partial charge on any atom is 0.194 e. The van der Waals surface area contributed by atoms with E-state index < -0.39 is 0 Å². The zero-order valence-electron chi connectivity index (χ0n) is 34.1. The predicted octanol–water partition coefficient (Wildman–Crippen LogP) is 16.9. The minimum absolute atomic E-state index is 0.712. The second-order valence-electron chi connectivity index (χ2n) is 15.7. The fourth-order valence-corrected chi connectivity index (χ4v) is 9.83. The number of hydrogen-bond acceptors (Lipinski definition) is 4. The topological polar surface area (TPSA) is 26.6 Å². The second kappa shape index (κ2) is 15.4. The number of hydrogen-bond donors (Lipinski definition) is 0. The van der Waals surface area contributed by atoms with Crippen molar-refractivity contribution >= 4 is 50.2 Å². The average Bonchev–Trinajstić information content (AvgIpc) is 3.99. The van der Waals surface area contributed by atoms with E-state index in [1.807, 2.05) is 41.7 Å². The van der Waals surface area contributed by atoms with Crippen LogP contribution >= 0.6 is 11.3 Å². The molecule has 0 bridgehead atoms. The van der Waals surface area contributed by atoms with Gasteiger partial charge in [-0.1, -0.05) is 140 Å². The number of thiophene rings is 1. The van der Waals surface area contributed by atoms with E-state index in [9.17, 15) is 0 Å². The Kier molecular flexibility index (Phi) is 8.98. The summed E-state index contributed by atoms with van der Waals surface area (Å²) >= 11 is 1.81. The Balaban J connectivity index is 0.849. The highest BCUT2D eigenvalue weighted by atomic mass is 32.1. The van der Waals surface area contributed by atoms with Gasteiger partial charge in [0.2, 0.25) is 0 Å². The molecule has 0 aliphatic carbocycles. The Bertz CT molecular complexity index is 3330. The zero-order valence-corrected chi connectivity index (χ0v) is 34.9. The van der Waals surface area contributed by atoms with Crippen molar-refractivity contribution in [2.24, 2.45) is 0 Å². The zero-order chi connectivity index (χ0) is 41.7. The van der Waals surface area contributed by atoms with Crippen LogP contribution in [0.5, 0.6) is 23.0 Å². The molecule has 0 saturated carbocycles. The third-order valence-corrected chi connectivity index (χ3v) is 13.1. The molecule has 0 saturated heterocycles. The maximum absolute atomic E-state index is 6.58. The van der Waals surface area contributed by atoms with Crippen molar-refractivity contribution in [1.29, 1.82) is 0 Å². The van der Waals surface area contributed by atoms with Gasteiger partial charge in [-0.25, -0.2) is 0 Å². The summed E-state index contributed by atoms with van der Waals surface area (Å²) in [6.07, 6.45) is 0. The molecule has 0 unspecified atom stereocenters. The van der Waals surface area contributed by atoms with Gasteiger partial charge in [-0.3, -0.25) is 0 Å². The molecule has 0 fully saturated rings. The summed E-state index contributed by atoms with van der Waals surface area (Å²) in [6.45, 7) is 0. The van der Waals surface area contributed by atoms with Crippen LogP contribution in [-0.4, -0.2) is 4.57 Å². The smallest absolute Gasteiger partial charge is 0.194 e. The molecule has 3 heterocycles. The van der Waals surface area contributed by atoms with Crippen LogP contribution in [-0.2, 0) is 0 Å². The third-order valence-electron chi connectivity index (χ3n) is 11.9. The Morgan fingerprint density at radius 1 is 0.333 bits per heavy atom. The van der Waals surface area contributed by atoms with Gasteiger partial charge in [0.15, 0.2) is 23.0 Å². The van der Waals surface area contributed by atoms with E-state index in [4.69, 9.17) is 9.47 Å². The van der Waals surface area contributed by atoms with Gasteiger partial charge in [0.05, 0.1) is 5.52 Å². The van der Waals surface area contributed by atoms with Gasteiger partial charge in [0, 0.05) is 43.3 Å². The molecule has 0 radical (unpaired) electrons. The van der Waals surface area contributed by atoms with Crippen LogP contribution in [0.2, 0.25) is 0 Å². The average molecular weight is 827 g/mol. The number of para-hydroxylation sites is 3. The number of ether oxygens (including phenoxy) is 2. The fourth-order valence-electron chi connectivity index (χ4n) is 8.82. The van der Waals surface area contributed by atoms with Crippen LogP contribution in [0.1, 0.15) is 0 Å². The highest BCUT2D eigenvalue weighted by molar-refractivity contribution is 7.18. The minimum atomic E-state index is 0.712. The monoisotopic (exact) mass is 826 g/mol.